The van der Waals surface area contributed by atoms with E-state index in [2.05, 4.69) is 67.6 Å². The van der Waals surface area contributed by atoms with Gasteiger partial charge in [0, 0.05) is 52.2 Å². The maximum atomic E-state index is 13.3. The standard InChI is InChI=1S/C29H35BrN4O5.C12H11BrN2O3.C10H7BrN2O2/c1-29(2,3)39-28(36)34(19-20-4-7-25-26(16-20)38-15-14-37-25)22-8-10-32(11-9-22)12-13-33-24-17-21(30)5-6-23(24)31-18-27(33)35;13-8-1-2-9-10(5-8)15(11(16)6-14-9)7-12-17-3-4-18-12;11-7-1-2-8-9(5-7)13(3-4-14)10(15)6-12-8/h4-7,16-18,22H,8-15,19H2,1-3H3;1-2,5-6,12H,3-4,7H2;1-2,4-6H,3H2. The van der Waals surface area contributed by atoms with Crippen LogP contribution in [0, 0.1) is 0 Å². The summed E-state index contributed by atoms with van der Waals surface area (Å²) in [4.78, 5) is 76.3. The highest BCUT2D eigenvalue weighted by molar-refractivity contribution is 9.11. The van der Waals surface area contributed by atoms with Gasteiger partial charge in [0.2, 0.25) is 0 Å². The fraction of sp³-hybridized carbons (Fsp3) is 0.373. The summed E-state index contributed by atoms with van der Waals surface area (Å²) in [5.41, 5.74) is 4.38. The molecule has 0 unspecified atom stereocenters. The quantitative estimate of drug-likeness (QED) is 0.121. The van der Waals surface area contributed by atoms with Crippen LogP contribution in [0.2, 0.25) is 0 Å². The number of hydrogen-bond acceptors (Lipinski definition) is 14. The average molecular weight is 1180 g/mol. The summed E-state index contributed by atoms with van der Waals surface area (Å²) < 4.78 is 35.4. The van der Waals surface area contributed by atoms with Crippen LogP contribution >= 0.6 is 47.8 Å². The number of hydrogen-bond donors (Lipinski definition) is 0. The smallest absolute Gasteiger partial charge is 0.410 e. The first-order chi connectivity index (χ1) is 34.6. The summed E-state index contributed by atoms with van der Waals surface area (Å²) in [5, 5.41) is 0. The molecule has 72 heavy (non-hydrogen) atoms. The zero-order valence-corrected chi connectivity index (χ0v) is 44.6. The second kappa shape index (κ2) is 23.8. The minimum absolute atomic E-state index is 0.0461. The molecule has 2 fully saturated rings. The first-order valence-corrected chi connectivity index (χ1v) is 25.7. The Bertz CT molecular complexity index is 3260. The molecule has 0 aliphatic carbocycles. The number of amides is 1. The number of ether oxygens (including phenoxy) is 5. The van der Waals surface area contributed by atoms with Gasteiger partial charge in [-0.2, -0.15) is 0 Å². The SMILES string of the molecule is CC(C)(C)OC(=O)N(Cc1ccc2c(c1)OCCO2)C1CCN(CCn2c(=O)cnc3ccc(Br)cc32)CC1.O=CCn1c(=O)cnc2ccc(Br)cc21.O=c1cnc2ccc(Br)cc2n1CC1OCCO1. The molecule has 10 rings (SSSR count). The summed E-state index contributed by atoms with van der Waals surface area (Å²) in [7, 11) is 0. The van der Waals surface area contributed by atoms with E-state index < -0.39 is 5.60 Å². The lowest BCUT2D eigenvalue weighted by atomic mass is 10.0. The van der Waals surface area contributed by atoms with E-state index in [4.69, 9.17) is 23.7 Å². The maximum absolute atomic E-state index is 13.3. The van der Waals surface area contributed by atoms with E-state index in [-0.39, 0.29) is 41.6 Å². The second-order valence-corrected chi connectivity index (χ2v) is 20.8. The van der Waals surface area contributed by atoms with Crippen molar-refractivity contribution >= 4 is 93.3 Å². The largest absolute Gasteiger partial charge is 0.486 e. The Morgan fingerprint density at radius 1 is 0.681 bits per heavy atom. The molecule has 0 saturated carbocycles. The van der Waals surface area contributed by atoms with Crippen molar-refractivity contribution < 1.29 is 33.3 Å². The van der Waals surface area contributed by atoms with Crippen LogP contribution in [0.5, 0.6) is 11.5 Å². The lowest BCUT2D eigenvalue weighted by molar-refractivity contribution is -0.108. The van der Waals surface area contributed by atoms with Crippen molar-refractivity contribution in [1.82, 2.24) is 38.5 Å². The lowest BCUT2D eigenvalue weighted by Crippen LogP contribution is -2.49. The summed E-state index contributed by atoms with van der Waals surface area (Å²) >= 11 is 10.2. The van der Waals surface area contributed by atoms with Crippen molar-refractivity contribution in [2.75, 3.05) is 46.1 Å². The van der Waals surface area contributed by atoms with E-state index in [0.717, 1.165) is 79.3 Å². The van der Waals surface area contributed by atoms with Crippen LogP contribution in [-0.4, -0.2) is 115 Å². The van der Waals surface area contributed by atoms with E-state index in [1.807, 2.05) is 86.3 Å². The molecular weight excluding hydrogens is 1120 g/mol. The van der Waals surface area contributed by atoms with Crippen molar-refractivity contribution in [1.29, 1.82) is 0 Å². The highest BCUT2D eigenvalue weighted by atomic mass is 79.9. The van der Waals surface area contributed by atoms with Gasteiger partial charge in [-0.3, -0.25) is 19.0 Å². The summed E-state index contributed by atoms with van der Waals surface area (Å²) in [6.45, 7) is 11.7. The van der Waals surface area contributed by atoms with Gasteiger partial charge in [-0.15, -0.1) is 0 Å². The van der Waals surface area contributed by atoms with Crippen LogP contribution in [0.4, 0.5) is 4.79 Å². The maximum Gasteiger partial charge on any atom is 0.410 e. The molecule has 6 heterocycles. The van der Waals surface area contributed by atoms with Gasteiger partial charge < -0.3 is 47.4 Å². The lowest BCUT2D eigenvalue weighted by Gasteiger charge is -2.39. The number of carbonyl (C=O) groups excluding carboxylic acids is 2. The van der Waals surface area contributed by atoms with Gasteiger partial charge in [0.1, 0.15) is 25.1 Å². The third-order valence-electron chi connectivity index (χ3n) is 11.9. The number of aldehydes is 1. The predicted molar refractivity (Wildman–Crippen MR) is 282 cm³/mol. The molecule has 3 aliphatic heterocycles. The molecule has 0 bridgehead atoms. The van der Waals surface area contributed by atoms with E-state index in [1.54, 1.807) is 21.3 Å². The Balaban J connectivity index is 0.000000172. The van der Waals surface area contributed by atoms with Gasteiger partial charge in [-0.05, 0) is 106 Å². The Morgan fingerprint density at radius 3 is 1.75 bits per heavy atom. The molecule has 0 radical (unpaired) electrons. The molecule has 2 saturated heterocycles. The number of benzene rings is 4. The van der Waals surface area contributed by atoms with Crippen LogP contribution < -0.4 is 26.2 Å². The van der Waals surface area contributed by atoms with Crippen molar-refractivity contribution in [3.63, 3.8) is 0 Å². The molecule has 3 aliphatic rings. The normalized spacial score (nSPS) is 15.1. The number of halogens is 3. The molecule has 0 atom stereocenters. The molecule has 18 nitrogen and oxygen atoms in total. The molecule has 4 aromatic carbocycles. The van der Waals surface area contributed by atoms with Crippen LogP contribution in [0.15, 0.2) is 119 Å². The molecule has 21 heteroatoms. The Morgan fingerprint density at radius 2 is 1.19 bits per heavy atom. The van der Waals surface area contributed by atoms with Crippen LogP contribution in [0.25, 0.3) is 33.1 Å². The third kappa shape index (κ3) is 13.4. The average Bonchev–Trinajstić information content (AvgIpc) is 3.88. The minimum Gasteiger partial charge on any atom is -0.486 e. The highest BCUT2D eigenvalue weighted by Gasteiger charge is 2.32. The minimum atomic E-state index is -0.585. The van der Waals surface area contributed by atoms with E-state index >= 15 is 0 Å². The molecule has 7 aromatic rings. The zero-order valence-electron chi connectivity index (χ0n) is 39.9. The number of aromatic nitrogens is 6. The molecule has 3 aromatic heterocycles. The Labute approximate surface area is 439 Å². The fourth-order valence-corrected chi connectivity index (χ4v) is 9.54. The van der Waals surface area contributed by atoms with Gasteiger partial charge in [-0.25, -0.2) is 19.7 Å². The number of fused-ring (bicyclic) bond motifs is 4. The molecule has 378 valence electrons. The van der Waals surface area contributed by atoms with E-state index in [1.165, 1.54) is 23.2 Å². The van der Waals surface area contributed by atoms with Gasteiger partial charge >= 0.3 is 6.09 Å². The third-order valence-corrected chi connectivity index (χ3v) is 13.4. The van der Waals surface area contributed by atoms with Crippen molar-refractivity contribution in [2.24, 2.45) is 0 Å². The zero-order chi connectivity index (χ0) is 50.9. The van der Waals surface area contributed by atoms with Crippen molar-refractivity contribution in [2.45, 2.75) is 77.7 Å². The predicted octanol–water partition coefficient (Wildman–Crippen LogP) is 7.72. The molecule has 0 N–H and O–H groups in total. The first-order valence-electron chi connectivity index (χ1n) is 23.3. The topological polar surface area (TPSA) is 191 Å². The number of nitrogens with zero attached hydrogens (tertiary/aromatic N) is 8. The van der Waals surface area contributed by atoms with Gasteiger partial charge in [0.15, 0.2) is 17.8 Å². The molecule has 1 amide bonds. The van der Waals surface area contributed by atoms with Crippen molar-refractivity contribution in [3.8, 4) is 11.5 Å². The number of carbonyl (C=O) groups is 2. The van der Waals surface area contributed by atoms with Crippen molar-refractivity contribution in [3.05, 3.63) is 141 Å². The Hall–Kier alpha value is -5.84. The molecule has 0 spiro atoms. The summed E-state index contributed by atoms with van der Waals surface area (Å²) in [6, 6.07) is 22.7. The first kappa shape index (κ1) is 52.5. The Kier molecular flexibility index (Phi) is 17.3. The fourth-order valence-electron chi connectivity index (χ4n) is 8.49. The number of likely N-dealkylation sites (tertiary alicyclic amines) is 1. The van der Waals surface area contributed by atoms with Gasteiger partial charge in [0.05, 0.1) is 78.0 Å². The monoisotopic (exact) mass is 1170 g/mol. The molecular formula is C51H53Br3N8O10. The van der Waals surface area contributed by atoms with E-state index in [9.17, 15) is 24.0 Å². The summed E-state index contributed by atoms with van der Waals surface area (Å²) in [5.74, 6) is 1.44. The van der Waals surface area contributed by atoms with Gasteiger partial charge in [0.25, 0.3) is 16.7 Å². The van der Waals surface area contributed by atoms with Crippen LogP contribution in [0.1, 0.15) is 39.2 Å². The highest BCUT2D eigenvalue weighted by Crippen LogP contribution is 2.32. The second-order valence-electron chi connectivity index (χ2n) is 18.1. The van der Waals surface area contributed by atoms with Crippen LogP contribution in [0.3, 0.4) is 0 Å². The number of piperidine rings is 1. The van der Waals surface area contributed by atoms with Crippen LogP contribution in [-0.2, 0) is 45.2 Å². The summed E-state index contributed by atoms with van der Waals surface area (Å²) in [6.07, 6.45) is 5.61. The van der Waals surface area contributed by atoms with Gasteiger partial charge in [-0.1, -0.05) is 53.9 Å². The number of rotatable bonds is 10. The van der Waals surface area contributed by atoms with E-state index in [0.29, 0.717) is 69.1 Å².